The summed E-state index contributed by atoms with van der Waals surface area (Å²) in [6.07, 6.45) is 7.12. The summed E-state index contributed by atoms with van der Waals surface area (Å²) < 4.78 is 0. The molecule has 2 aliphatic heterocycles. The lowest BCUT2D eigenvalue weighted by atomic mass is 10.0. The molecule has 1 aliphatic carbocycles. The van der Waals surface area contributed by atoms with Gasteiger partial charge in [0.2, 0.25) is 11.8 Å². The molecule has 5 heteroatoms. The molecule has 0 bridgehead atoms. The summed E-state index contributed by atoms with van der Waals surface area (Å²) >= 11 is 1.70. The van der Waals surface area contributed by atoms with E-state index in [1.54, 1.807) is 16.7 Å². The molecule has 0 aromatic carbocycles. The van der Waals surface area contributed by atoms with Crippen molar-refractivity contribution in [3.8, 4) is 0 Å². The Morgan fingerprint density at radius 3 is 2.44 bits per heavy atom. The van der Waals surface area contributed by atoms with E-state index in [-0.39, 0.29) is 17.9 Å². The Hall–Kier alpha value is -0.710. The Morgan fingerprint density at radius 2 is 1.72 bits per heavy atom. The molecule has 0 radical (unpaired) electrons. The first-order valence-corrected chi connectivity index (χ1v) is 8.10. The maximum Gasteiger partial charge on any atom is 0.246 e. The monoisotopic (exact) mass is 268 g/mol. The second kappa shape index (κ2) is 5.11. The van der Waals surface area contributed by atoms with Crippen LogP contribution in [0.5, 0.6) is 0 Å². The number of carbonyl (C=O) groups excluding carboxylic acids is 2. The molecule has 4 nitrogen and oxygen atoms in total. The SMILES string of the molecule is O=C1[C@@H]2CSCN2C(=O)CN1C1CCCCCC1. The zero-order valence-electron chi connectivity index (χ0n) is 10.6. The average molecular weight is 268 g/mol. The minimum atomic E-state index is -0.167. The van der Waals surface area contributed by atoms with Gasteiger partial charge in [0.15, 0.2) is 0 Å². The molecule has 0 aromatic rings. The van der Waals surface area contributed by atoms with Crippen molar-refractivity contribution in [2.24, 2.45) is 0 Å². The maximum atomic E-state index is 12.5. The maximum absolute atomic E-state index is 12.5. The first-order valence-electron chi connectivity index (χ1n) is 6.95. The third-order valence-corrected chi connectivity index (χ3v) is 5.35. The van der Waals surface area contributed by atoms with Crippen LogP contribution in [0.2, 0.25) is 0 Å². The summed E-state index contributed by atoms with van der Waals surface area (Å²) in [5, 5.41) is 0. The molecule has 0 unspecified atom stereocenters. The molecule has 2 heterocycles. The van der Waals surface area contributed by atoms with Crippen LogP contribution in [-0.4, -0.2) is 51.9 Å². The van der Waals surface area contributed by atoms with E-state index >= 15 is 0 Å². The first-order chi connectivity index (χ1) is 8.77. The number of amides is 2. The van der Waals surface area contributed by atoms with Gasteiger partial charge in [-0.05, 0) is 12.8 Å². The Morgan fingerprint density at radius 1 is 1.00 bits per heavy atom. The molecule has 3 rings (SSSR count). The predicted molar refractivity (Wildman–Crippen MR) is 71.2 cm³/mol. The fourth-order valence-corrected chi connectivity index (χ4v) is 4.45. The first kappa shape index (κ1) is 12.3. The summed E-state index contributed by atoms with van der Waals surface area (Å²) in [6.45, 7) is 0.320. The Labute approximate surface area is 112 Å². The number of thioether (sulfide) groups is 1. The highest BCUT2D eigenvalue weighted by Gasteiger charge is 2.44. The molecule has 18 heavy (non-hydrogen) atoms. The number of rotatable bonds is 1. The highest BCUT2D eigenvalue weighted by molar-refractivity contribution is 7.99. The Bertz CT molecular complexity index is 353. The van der Waals surface area contributed by atoms with Gasteiger partial charge in [-0.3, -0.25) is 9.59 Å². The number of carbonyl (C=O) groups is 2. The lowest BCUT2D eigenvalue weighted by Gasteiger charge is -2.40. The minimum absolute atomic E-state index is 0.147. The van der Waals surface area contributed by atoms with Crippen LogP contribution >= 0.6 is 11.8 Å². The number of hydrogen-bond acceptors (Lipinski definition) is 3. The molecule has 0 spiro atoms. The molecule has 100 valence electrons. The Balaban J connectivity index is 1.75. The Kier molecular flexibility index (Phi) is 3.50. The van der Waals surface area contributed by atoms with Crippen LogP contribution in [0.1, 0.15) is 38.5 Å². The molecular formula is C13H20N2O2S. The van der Waals surface area contributed by atoms with Gasteiger partial charge in [-0.15, -0.1) is 11.8 Å². The second-order valence-corrected chi connectivity index (χ2v) is 6.49. The van der Waals surface area contributed by atoms with E-state index < -0.39 is 0 Å². The smallest absolute Gasteiger partial charge is 0.246 e. The zero-order chi connectivity index (χ0) is 12.5. The summed E-state index contributed by atoms with van der Waals surface area (Å²) in [5.74, 6) is 1.84. The van der Waals surface area contributed by atoms with Gasteiger partial charge >= 0.3 is 0 Å². The normalized spacial score (nSPS) is 30.6. The van der Waals surface area contributed by atoms with Crippen LogP contribution in [0.25, 0.3) is 0 Å². The minimum Gasteiger partial charge on any atom is -0.329 e. The molecule has 2 amide bonds. The number of piperazine rings is 1. The number of fused-ring (bicyclic) bond motifs is 1. The van der Waals surface area contributed by atoms with E-state index in [0.717, 1.165) is 18.6 Å². The molecule has 1 atom stereocenters. The molecule has 1 saturated carbocycles. The van der Waals surface area contributed by atoms with Crippen LogP contribution in [-0.2, 0) is 9.59 Å². The lowest BCUT2D eigenvalue weighted by molar-refractivity contribution is -0.155. The lowest BCUT2D eigenvalue weighted by Crippen LogP contribution is -2.60. The number of hydrogen-bond donors (Lipinski definition) is 0. The number of nitrogens with zero attached hydrogens (tertiary/aromatic N) is 2. The van der Waals surface area contributed by atoms with E-state index in [1.165, 1.54) is 25.7 Å². The van der Waals surface area contributed by atoms with Crippen molar-refractivity contribution in [2.75, 3.05) is 18.2 Å². The van der Waals surface area contributed by atoms with Crippen LogP contribution in [0.4, 0.5) is 0 Å². The van der Waals surface area contributed by atoms with E-state index in [4.69, 9.17) is 0 Å². The molecule has 3 fully saturated rings. The zero-order valence-corrected chi connectivity index (χ0v) is 11.5. The van der Waals surface area contributed by atoms with Crippen molar-refractivity contribution >= 4 is 23.6 Å². The standard InChI is InChI=1S/C13H20N2O2S/c16-12-7-14(10-5-3-1-2-4-6-10)13(17)11-8-18-9-15(11)12/h10-11H,1-9H2/t11-/m0/s1. The quantitative estimate of drug-likeness (QED) is 0.676. The van der Waals surface area contributed by atoms with Gasteiger partial charge in [0.25, 0.3) is 0 Å². The summed E-state index contributed by atoms with van der Waals surface area (Å²) in [7, 11) is 0. The van der Waals surface area contributed by atoms with Gasteiger partial charge in [-0.2, -0.15) is 0 Å². The molecular weight excluding hydrogens is 248 g/mol. The van der Waals surface area contributed by atoms with Crippen LogP contribution in [0.3, 0.4) is 0 Å². The van der Waals surface area contributed by atoms with Gasteiger partial charge < -0.3 is 9.80 Å². The molecule has 0 N–H and O–H groups in total. The fourth-order valence-electron chi connectivity index (χ4n) is 3.28. The topological polar surface area (TPSA) is 40.6 Å². The van der Waals surface area contributed by atoms with E-state index in [1.807, 2.05) is 4.90 Å². The molecule has 0 aromatic heterocycles. The van der Waals surface area contributed by atoms with Crippen molar-refractivity contribution in [1.82, 2.24) is 9.80 Å². The van der Waals surface area contributed by atoms with Crippen molar-refractivity contribution in [3.63, 3.8) is 0 Å². The van der Waals surface area contributed by atoms with E-state index in [9.17, 15) is 9.59 Å². The van der Waals surface area contributed by atoms with Crippen LogP contribution in [0, 0.1) is 0 Å². The third-order valence-electron chi connectivity index (χ3n) is 4.34. The van der Waals surface area contributed by atoms with Gasteiger partial charge in [0.1, 0.15) is 12.6 Å². The fraction of sp³-hybridized carbons (Fsp3) is 0.846. The van der Waals surface area contributed by atoms with Crippen molar-refractivity contribution < 1.29 is 9.59 Å². The van der Waals surface area contributed by atoms with Gasteiger partial charge in [-0.1, -0.05) is 25.7 Å². The van der Waals surface area contributed by atoms with Crippen LogP contribution < -0.4 is 0 Å². The van der Waals surface area contributed by atoms with Crippen molar-refractivity contribution in [2.45, 2.75) is 50.6 Å². The van der Waals surface area contributed by atoms with E-state index in [2.05, 4.69) is 0 Å². The highest BCUT2D eigenvalue weighted by atomic mass is 32.2. The van der Waals surface area contributed by atoms with Gasteiger partial charge in [-0.25, -0.2) is 0 Å². The summed E-state index contributed by atoms with van der Waals surface area (Å²) in [5.41, 5.74) is 0. The van der Waals surface area contributed by atoms with E-state index in [0.29, 0.717) is 18.5 Å². The van der Waals surface area contributed by atoms with Crippen molar-refractivity contribution in [3.05, 3.63) is 0 Å². The van der Waals surface area contributed by atoms with Gasteiger partial charge in [0.05, 0.1) is 5.88 Å². The average Bonchev–Trinajstić information content (AvgIpc) is 2.71. The van der Waals surface area contributed by atoms with Crippen molar-refractivity contribution in [1.29, 1.82) is 0 Å². The molecule has 3 aliphatic rings. The summed E-state index contributed by atoms with van der Waals surface area (Å²) in [6, 6.07) is 0.149. The second-order valence-electron chi connectivity index (χ2n) is 5.49. The van der Waals surface area contributed by atoms with Gasteiger partial charge in [0, 0.05) is 11.8 Å². The largest absolute Gasteiger partial charge is 0.329 e. The summed E-state index contributed by atoms with van der Waals surface area (Å²) in [4.78, 5) is 28.2. The predicted octanol–water partition coefficient (Wildman–Crippen LogP) is 1.45. The third kappa shape index (κ3) is 2.13. The van der Waals surface area contributed by atoms with Crippen LogP contribution in [0.15, 0.2) is 0 Å². The molecule has 2 saturated heterocycles. The highest BCUT2D eigenvalue weighted by Crippen LogP contribution is 2.30.